The molecule has 1 amide bonds. The highest BCUT2D eigenvalue weighted by Crippen LogP contribution is 2.43. The van der Waals surface area contributed by atoms with Crippen LogP contribution in [0.25, 0.3) is 20.3 Å². The number of carbonyl (C=O) groups is 1. The van der Waals surface area contributed by atoms with Gasteiger partial charge in [-0.1, -0.05) is 11.6 Å². The van der Waals surface area contributed by atoms with Crippen LogP contribution in [0, 0.1) is 0 Å². The van der Waals surface area contributed by atoms with Crippen molar-refractivity contribution in [3.8, 4) is 6.01 Å². The van der Waals surface area contributed by atoms with Gasteiger partial charge in [0.1, 0.15) is 27.6 Å². The van der Waals surface area contributed by atoms with Crippen LogP contribution < -0.4 is 9.64 Å². The normalized spacial score (nSPS) is 26.2. The lowest BCUT2D eigenvalue weighted by Crippen LogP contribution is -2.57. The smallest absolute Gasteiger partial charge is 0.410 e. The molecule has 2 bridgehead atoms. The average molecular weight is 591 g/mol. The molecule has 0 spiro atoms. The van der Waals surface area contributed by atoms with E-state index in [2.05, 4.69) is 19.8 Å². The van der Waals surface area contributed by atoms with E-state index in [0.29, 0.717) is 36.8 Å². The molecule has 0 radical (unpaired) electrons. The van der Waals surface area contributed by atoms with Gasteiger partial charge in [-0.15, -0.1) is 11.3 Å². The Morgan fingerprint density at radius 3 is 2.55 bits per heavy atom. The Morgan fingerprint density at radius 1 is 1.12 bits per heavy atom. The zero-order valence-corrected chi connectivity index (χ0v) is 25.0. The van der Waals surface area contributed by atoms with E-state index in [0.717, 1.165) is 51.9 Å². The molecule has 4 aliphatic heterocycles. The van der Waals surface area contributed by atoms with Gasteiger partial charge in [0, 0.05) is 37.3 Å². The fraction of sp³-hybridized carbons (Fsp3) is 0.643. The molecule has 4 atom stereocenters. The van der Waals surface area contributed by atoms with Crippen LogP contribution in [0.4, 0.5) is 15.0 Å². The second kappa shape index (κ2) is 10.7. The van der Waals surface area contributed by atoms with Gasteiger partial charge in [0.05, 0.1) is 29.3 Å². The summed E-state index contributed by atoms with van der Waals surface area (Å²) in [4.78, 5) is 33.6. The maximum atomic E-state index is 12.8. The first-order chi connectivity index (χ1) is 19.1. The monoisotopic (exact) mass is 590 g/mol. The number of pyridine rings is 1. The lowest BCUT2D eigenvalue weighted by Gasteiger charge is -2.42. The Bertz CT molecular complexity index is 1390. The molecular weight excluding hydrogens is 555 g/mol. The number of methoxy groups -OCH3 is 1. The van der Waals surface area contributed by atoms with Crippen LogP contribution in [0.2, 0.25) is 5.15 Å². The largest absolute Gasteiger partial charge is 0.467 e. The quantitative estimate of drug-likeness (QED) is 0.352. The van der Waals surface area contributed by atoms with E-state index < -0.39 is 11.8 Å². The van der Waals surface area contributed by atoms with Crippen LogP contribution in [-0.4, -0.2) is 94.0 Å². The van der Waals surface area contributed by atoms with E-state index in [1.807, 2.05) is 31.7 Å². The van der Waals surface area contributed by atoms with Crippen molar-refractivity contribution < 1.29 is 18.7 Å². The van der Waals surface area contributed by atoms with Crippen LogP contribution in [0.5, 0.6) is 6.01 Å². The van der Waals surface area contributed by atoms with Gasteiger partial charge in [-0.25, -0.2) is 14.2 Å². The van der Waals surface area contributed by atoms with Crippen LogP contribution in [-0.2, 0) is 4.74 Å². The van der Waals surface area contributed by atoms with Crippen molar-refractivity contribution in [2.45, 2.75) is 82.8 Å². The maximum absolute atomic E-state index is 12.8. The van der Waals surface area contributed by atoms with Gasteiger partial charge in [-0.05, 0) is 65.5 Å². The number of anilines is 1. The van der Waals surface area contributed by atoms with Crippen LogP contribution in [0.3, 0.4) is 0 Å². The Balaban J connectivity index is 0.000000271. The SMILES string of the molecule is COc1nc(N2CC3CCC(C2)N3C(=O)OC(C)(C)C)c2c(n1)sc1c(Cl)nccc12.FC1CC2CCCN2C1. The number of hydrogen-bond donors (Lipinski definition) is 0. The number of hydrogen-bond acceptors (Lipinski definition) is 9. The maximum Gasteiger partial charge on any atom is 0.410 e. The number of piperazine rings is 1. The molecule has 0 aliphatic carbocycles. The molecule has 7 heterocycles. The highest BCUT2D eigenvalue weighted by Gasteiger charge is 2.45. The van der Waals surface area contributed by atoms with Gasteiger partial charge >= 0.3 is 12.1 Å². The average Bonchev–Trinajstić information content (AvgIpc) is 3.64. The number of nitrogens with zero attached hydrogens (tertiary/aromatic N) is 6. The Hall–Kier alpha value is -2.50. The first-order valence-corrected chi connectivity index (χ1v) is 15.2. The molecular formula is C28H36ClFN6O3S. The Morgan fingerprint density at radius 2 is 1.88 bits per heavy atom. The summed E-state index contributed by atoms with van der Waals surface area (Å²) in [7, 11) is 1.57. The molecule has 0 aromatic carbocycles. The first-order valence-electron chi connectivity index (χ1n) is 14.0. The number of carbonyl (C=O) groups excluding carboxylic acids is 1. The van der Waals surface area contributed by atoms with Crippen molar-refractivity contribution in [1.29, 1.82) is 0 Å². The van der Waals surface area contributed by atoms with Gasteiger partial charge in [0.25, 0.3) is 0 Å². The highest BCUT2D eigenvalue weighted by atomic mass is 35.5. The molecule has 7 rings (SSSR count). The molecule has 3 aromatic rings. The summed E-state index contributed by atoms with van der Waals surface area (Å²) < 4.78 is 24.5. The summed E-state index contributed by atoms with van der Waals surface area (Å²) in [6.07, 6.45) is 6.18. The fourth-order valence-electron chi connectivity index (χ4n) is 6.57. The second-order valence-electron chi connectivity index (χ2n) is 12.1. The number of ether oxygens (including phenoxy) is 2. The lowest BCUT2D eigenvalue weighted by molar-refractivity contribution is 0.0123. The van der Waals surface area contributed by atoms with E-state index in [1.165, 1.54) is 24.2 Å². The van der Waals surface area contributed by atoms with E-state index >= 15 is 0 Å². The van der Waals surface area contributed by atoms with E-state index in [4.69, 9.17) is 26.1 Å². The van der Waals surface area contributed by atoms with Gasteiger partial charge in [0.15, 0.2) is 0 Å². The van der Waals surface area contributed by atoms with Gasteiger partial charge in [0.2, 0.25) is 0 Å². The predicted molar refractivity (Wildman–Crippen MR) is 155 cm³/mol. The molecule has 216 valence electrons. The molecule has 12 heteroatoms. The second-order valence-corrected chi connectivity index (χ2v) is 13.5. The minimum Gasteiger partial charge on any atom is -0.467 e. The molecule has 40 heavy (non-hydrogen) atoms. The topological polar surface area (TPSA) is 83.9 Å². The van der Waals surface area contributed by atoms with E-state index in [-0.39, 0.29) is 18.2 Å². The van der Waals surface area contributed by atoms with E-state index in [1.54, 1.807) is 13.3 Å². The van der Waals surface area contributed by atoms with E-state index in [9.17, 15) is 9.18 Å². The van der Waals surface area contributed by atoms with Crippen molar-refractivity contribution >= 4 is 55.2 Å². The zero-order valence-electron chi connectivity index (χ0n) is 23.4. The Labute approximate surface area is 242 Å². The number of alkyl halides is 1. The number of fused-ring (bicyclic) bond motifs is 6. The molecule has 0 saturated carbocycles. The van der Waals surface area contributed by atoms with Crippen LogP contribution in [0.15, 0.2) is 12.3 Å². The van der Waals surface area contributed by atoms with Gasteiger partial charge in [-0.2, -0.15) is 9.97 Å². The highest BCUT2D eigenvalue weighted by molar-refractivity contribution is 7.26. The number of thiophene rings is 1. The Kier molecular flexibility index (Phi) is 7.41. The van der Waals surface area contributed by atoms with Crippen LogP contribution in [0.1, 0.15) is 52.9 Å². The summed E-state index contributed by atoms with van der Waals surface area (Å²) in [6.45, 7) is 8.91. The van der Waals surface area contributed by atoms with Crippen molar-refractivity contribution in [2.75, 3.05) is 38.2 Å². The number of amides is 1. The number of rotatable bonds is 2. The molecule has 4 fully saturated rings. The summed E-state index contributed by atoms with van der Waals surface area (Å²) in [5.41, 5.74) is -0.511. The minimum absolute atomic E-state index is 0.0831. The molecule has 4 saturated heterocycles. The standard InChI is InChI=1S/C21H24ClN5O3S.C7H12FN/c1-21(2,3)30-20(28)27-11-5-6-12(27)10-26(9-11)17-14-13-7-8-23-16(22)15(13)31-18(14)25-19(24-17)29-4;8-6-4-7-2-1-3-9(7)5-6/h7-8,11-12H,5-6,9-10H2,1-4H3;6-7H,1-5H2. The summed E-state index contributed by atoms with van der Waals surface area (Å²) in [5.74, 6) is 0.816. The lowest BCUT2D eigenvalue weighted by atomic mass is 10.1. The van der Waals surface area contributed by atoms with Crippen molar-refractivity contribution in [1.82, 2.24) is 24.8 Å². The van der Waals surface area contributed by atoms with Crippen LogP contribution >= 0.6 is 22.9 Å². The molecule has 9 nitrogen and oxygen atoms in total. The minimum atomic E-state index is -0.518. The molecule has 0 N–H and O–H groups in total. The summed E-state index contributed by atoms with van der Waals surface area (Å²) in [5, 5.41) is 2.40. The van der Waals surface area contributed by atoms with Crippen molar-refractivity contribution in [3.05, 3.63) is 17.4 Å². The van der Waals surface area contributed by atoms with Crippen molar-refractivity contribution in [2.24, 2.45) is 0 Å². The van der Waals surface area contributed by atoms with Gasteiger partial charge < -0.3 is 14.4 Å². The third kappa shape index (κ3) is 5.27. The summed E-state index contributed by atoms with van der Waals surface area (Å²) >= 11 is 7.84. The first kappa shape index (κ1) is 27.7. The molecule has 4 aliphatic rings. The number of aromatic nitrogens is 3. The fourth-order valence-corrected chi connectivity index (χ4v) is 7.88. The zero-order chi connectivity index (χ0) is 28.2. The molecule has 4 unspecified atom stereocenters. The predicted octanol–water partition coefficient (Wildman–Crippen LogP) is 5.68. The summed E-state index contributed by atoms with van der Waals surface area (Å²) in [6, 6.07) is 3.05. The number of halogens is 2. The molecule has 3 aromatic heterocycles. The third-order valence-electron chi connectivity index (χ3n) is 8.19. The van der Waals surface area contributed by atoms with Gasteiger partial charge in [-0.3, -0.25) is 9.80 Å². The third-order valence-corrected chi connectivity index (χ3v) is 9.70. The van der Waals surface area contributed by atoms with Crippen molar-refractivity contribution in [3.63, 3.8) is 0 Å².